The molecule has 1 N–H and O–H groups in total. The maximum Gasteiger partial charge on any atom is 0.240 e. The molecule has 0 amide bonds. The molecule has 4 rings (SSSR count). The maximum absolute atomic E-state index is 14.6. The molecule has 1 aliphatic heterocycles. The fourth-order valence-electron chi connectivity index (χ4n) is 4.77. The molecule has 2 atom stereocenters. The van der Waals surface area contributed by atoms with Crippen LogP contribution in [0.15, 0.2) is 65.6 Å². The van der Waals surface area contributed by atoms with E-state index in [1.165, 1.54) is 25.3 Å². The molecule has 0 fully saturated rings. The second-order valence-corrected chi connectivity index (χ2v) is 10.5. The van der Waals surface area contributed by atoms with Crippen LogP contribution in [0.4, 0.5) is 4.39 Å². The van der Waals surface area contributed by atoms with Crippen LogP contribution in [-0.4, -0.2) is 47.2 Å². The molecule has 1 heterocycles. The summed E-state index contributed by atoms with van der Waals surface area (Å²) >= 11 is 0. The summed E-state index contributed by atoms with van der Waals surface area (Å²) in [6.07, 6.45) is 0.707. The highest BCUT2D eigenvalue weighted by Gasteiger charge is 2.35. The standard InChI is InChI=1S/C27H31FN2O5S/c1-18(29-36(31,32)22-11-9-21(33-2)10-12-22)27-23-16-26(35-4)25(34-3)15-19(23)13-14-30(27)17-20-7-5-6-8-24(20)28/h5-12,15-16,18,27,29H,13-14,17H2,1-4H3/t18-,27-/m0/s1. The van der Waals surface area contributed by atoms with Crippen molar-refractivity contribution < 1.29 is 27.0 Å². The van der Waals surface area contributed by atoms with Gasteiger partial charge < -0.3 is 14.2 Å². The first-order valence-electron chi connectivity index (χ1n) is 11.7. The summed E-state index contributed by atoms with van der Waals surface area (Å²) < 4.78 is 60.1. The third kappa shape index (κ3) is 5.33. The van der Waals surface area contributed by atoms with Crippen molar-refractivity contribution in [2.75, 3.05) is 27.9 Å². The normalized spacial score (nSPS) is 16.8. The third-order valence-electron chi connectivity index (χ3n) is 6.54. The zero-order valence-electron chi connectivity index (χ0n) is 20.8. The van der Waals surface area contributed by atoms with Crippen molar-refractivity contribution in [3.63, 3.8) is 0 Å². The molecule has 0 saturated heterocycles. The van der Waals surface area contributed by atoms with Crippen LogP contribution < -0.4 is 18.9 Å². The van der Waals surface area contributed by atoms with Crippen LogP contribution in [0.25, 0.3) is 0 Å². The number of hydrogen-bond donors (Lipinski definition) is 1. The Morgan fingerprint density at radius 3 is 2.31 bits per heavy atom. The highest BCUT2D eigenvalue weighted by molar-refractivity contribution is 7.89. The van der Waals surface area contributed by atoms with E-state index < -0.39 is 16.1 Å². The number of benzene rings is 3. The predicted molar refractivity (Wildman–Crippen MR) is 136 cm³/mol. The number of sulfonamides is 1. The molecule has 0 radical (unpaired) electrons. The zero-order chi connectivity index (χ0) is 25.9. The van der Waals surface area contributed by atoms with Crippen LogP contribution in [0.3, 0.4) is 0 Å². The van der Waals surface area contributed by atoms with Crippen LogP contribution in [0.5, 0.6) is 17.2 Å². The highest BCUT2D eigenvalue weighted by atomic mass is 32.2. The fourth-order valence-corrected chi connectivity index (χ4v) is 6.02. The minimum atomic E-state index is -3.83. The van der Waals surface area contributed by atoms with E-state index in [0.717, 1.165) is 11.1 Å². The van der Waals surface area contributed by atoms with Crippen LogP contribution in [0.1, 0.15) is 29.7 Å². The van der Waals surface area contributed by atoms with Gasteiger partial charge in [-0.05, 0) is 66.9 Å². The van der Waals surface area contributed by atoms with E-state index in [1.54, 1.807) is 44.6 Å². The minimum Gasteiger partial charge on any atom is -0.497 e. The number of fused-ring (bicyclic) bond motifs is 1. The Balaban J connectivity index is 1.72. The van der Waals surface area contributed by atoms with Gasteiger partial charge in [-0.2, -0.15) is 0 Å². The van der Waals surface area contributed by atoms with Crippen molar-refractivity contribution in [2.45, 2.75) is 36.9 Å². The first kappa shape index (κ1) is 25.9. The number of methoxy groups -OCH3 is 3. The molecular weight excluding hydrogens is 483 g/mol. The molecule has 0 bridgehead atoms. The summed E-state index contributed by atoms with van der Waals surface area (Å²) in [5, 5.41) is 0. The van der Waals surface area contributed by atoms with E-state index in [9.17, 15) is 12.8 Å². The first-order valence-corrected chi connectivity index (χ1v) is 13.1. The van der Waals surface area contributed by atoms with Gasteiger partial charge >= 0.3 is 0 Å². The zero-order valence-corrected chi connectivity index (χ0v) is 21.6. The maximum atomic E-state index is 14.6. The lowest BCUT2D eigenvalue weighted by molar-refractivity contribution is 0.148. The molecule has 0 aliphatic carbocycles. The van der Waals surface area contributed by atoms with Gasteiger partial charge in [0.25, 0.3) is 0 Å². The quantitative estimate of drug-likeness (QED) is 0.458. The topological polar surface area (TPSA) is 77.1 Å². The Morgan fingerprint density at radius 1 is 1.00 bits per heavy atom. The average Bonchev–Trinajstić information content (AvgIpc) is 2.88. The van der Waals surface area contributed by atoms with E-state index in [4.69, 9.17) is 14.2 Å². The Kier molecular flexibility index (Phi) is 7.82. The van der Waals surface area contributed by atoms with E-state index in [1.807, 2.05) is 19.1 Å². The average molecular weight is 515 g/mol. The van der Waals surface area contributed by atoms with Gasteiger partial charge in [-0.25, -0.2) is 17.5 Å². The van der Waals surface area contributed by atoms with Gasteiger partial charge in [0.2, 0.25) is 10.0 Å². The highest BCUT2D eigenvalue weighted by Crippen LogP contribution is 2.40. The second-order valence-electron chi connectivity index (χ2n) is 8.75. The number of hydrogen-bond acceptors (Lipinski definition) is 6. The monoisotopic (exact) mass is 514 g/mol. The Labute approximate surface area is 211 Å². The summed E-state index contributed by atoms with van der Waals surface area (Å²) in [4.78, 5) is 2.24. The van der Waals surface area contributed by atoms with Gasteiger partial charge in [0, 0.05) is 24.7 Å². The summed E-state index contributed by atoms with van der Waals surface area (Å²) in [5.74, 6) is 1.45. The summed E-state index contributed by atoms with van der Waals surface area (Å²) in [6, 6.07) is 15.8. The van der Waals surface area contributed by atoms with E-state index in [2.05, 4.69) is 9.62 Å². The fraction of sp³-hybridized carbons (Fsp3) is 0.333. The molecule has 0 unspecified atom stereocenters. The number of nitrogens with one attached hydrogen (secondary N) is 1. The molecule has 9 heteroatoms. The van der Waals surface area contributed by atoms with Crippen LogP contribution >= 0.6 is 0 Å². The SMILES string of the molecule is COc1ccc(S(=O)(=O)N[C@@H](C)[C@H]2c3cc(OC)c(OC)cc3CCN2Cc2ccccc2F)cc1. The first-order chi connectivity index (χ1) is 17.3. The number of halogens is 1. The Bertz CT molecular complexity index is 1310. The van der Waals surface area contributed by atoms with Crippen LogP contribution in [-0.2, 0) is 23.0 Å². The van der Waals surface area contributed by atoms with E-state index in [-0.39, 0.29) is 16.8 Å². The van der Waals surface area contributed by atoms with Gasteiger partial charge in [-0.3, -0.25) is 4.90 Å². The molecule has 0 saturated carbocycles. The molecule has 36 heavy (non-hydrogen) atoms. The van der Waals surface area contributed by atoms with Gasteiger partial charge in [0.05, 0.1) is 32.3 Å². The van der Waals surface area contributed by atoms with Crippen molar-refractivity contribution >= 4 is 10.0 Å². The largest absolute Gasteiger partial charge is 0.497 e. The lowest BCUT2D eigenvalue weighted by Gasteiger charge is -2.41. The minimum absolute atomic E-state index is 0.138. The van der Waals surface area contributed by atoms with Gasteiger partial charge in [-0.1, -0.05) is 18.2 Å². The van der Waals surface area contributed by atoms with Crippen molar-refractivity contribution in [3.8, 4) is 17.2 Å². The lowest BCUT2D eigenvalue weighted by atomic mass is 9.88. The van der Waals surface area contributed by atoms with Gasteiger partial charge in [-0.15, -0.1) is 0 Å². The second kappa shape index (κ2) is 10.9. The number of ether oxygens (including phenoxy) is 3. The Morgan fingerprint density at radius 2 is 1.67 bits per heavy atom. The lowest BCUT2D eigenvalue weighted by Crippen LogP contribution is -2.47. The summed E-state index contributed by atoms with van der Waals surface area (Å²) in [7, 11) is 0.842. The van der Waals surface area contributed by atoms with Crippen molar-refractivity contribution in [3.05, 3.63) is 83.2 Å². The Hall–Kier alpha value is -3.14. The summed E-state index contributed by atoms with van der Waals surface area (Å²) in [5.41, 5.74) is 2.51. The van der Waals surface area contributed by atoms with Crippen LogP contribution in [0.2, 0.25) is 0 Å². The number of nitrogens with zero attached hydrogens (tertiary/aromatic N) is 1. The van der Waals surface area contributed by atoms with Gasteiger partial charge in [0.1, 0.15) is 11.6 Å². The number of rotatable bonds is 9. The molecule has 3 aromatic rings. The molecule has 1 aliphatic rings. The predicted octanol–water partition coefficient (Wildman–Crippen LogP) is 4.32. The van der Waals surface area contributed by atoms with E-state index >= 15 is 0 Å². The smallest absolute Gasteiger partial charge is 0.240 e. The molecule has 192 valence electrons. The van der Waals surface area contributed by atoms with Gasteiger partial charge in [0.15, 0.2) is 11.5 Å². The molecule has 7 nitrogen and oxygen atoms in total. The molecule has 0 spiro atoms. The molecular formula is C27H31FN2O5S. The molecule has 0 aromatic heterocycles. The molecule has 3 aromatic carbocycles. The van der Waals surface area contributed by atoms with E-state index in [0.29, 0.717) is 42.3 Å². The van der Waals surface area contributed by atoms with Crippen molar-refractivity contribution in [2.24, 2.45) is 0 Å². The van der Waals surface area contributed by atoms with Crippen LogP contribution in [0, 0.1) is 5.82 Å². The third-order valence-corrected chi connectivity index (χ3v) is 8.12. The summed E-state index contributed by atoms with van der Waals surface area (Å²) in [6.45, 7) is 2.78. The van der Waals surface area contributed by atoms with Crippen molar-refractivity contribution in [1.29, 1.82) is 0 Å². The van der Waals surface area contributed by atoms with Crippen molar-refractivity contribution in [1.82, 2.24) is 9.62 Å².